The van der Waals surface area contributed by atoms with Gasteiger partial charge in [-0.2, -0.15) is 0 Å². The van der Waals surface area contributed by atoms with Gasteiger partial charge in [0.25, 0.3) is 0 Å². The molecule has 0 bridgehead atoms. The predicted molar refractivity (Wildman–Crippen MR) is 92.6 cm³/mol. The van der Waals surface area contributed by atoms with Crippen LogP contribution >= 0.6 is 31.9 Å². The van der Waals surface area contributed by atoms with Gasteiger partial charge in [0.1, 0.15) is 5.75 Å². The average Bonchev–Trinajstić information content (AvgIpc) is 2.44. The van der Waals surface area contributed by atoms with Gasteiger partial charge in [0.15, 0.2) is 0 Å². The number of hydrogen-bond acceptors (Lipinski definition) is 3. The number of halogens is 2. The average molecular weight is 422 g/mol. The van der Waals surface area contributed by atoms with Crippen molar-refractivity contribution < 1.29 is 9.53 Å². The molecule has 0 saturated heterocycles. The van der Waals surface area contributed by atoms with E-state index in [-0.39, 0.29) is 5.91 Å². The highest BCUT2D eigenvalue weighted by atomic mass is 79.9. The second-order valence-corrected chi connectivity index (χ2v) is 6.20. The number of ether oxygens (including phenoxy) is 1. The van der Waals surface area contributed by atoms with Crippen LogP contribution in [0.2, 0.25) is 0 Å². The fourth-order valence-corrected chi connectivity index (χ4v) is 3.51. The lowest BCUT2D eigenvalue weighted by molar-refractivity contribution is -0.129. The molecule has 0 radical (unpaired) electrons. The van der Waals surface area contributed by atoms with Crippen LogP contribution in [0.15, 0.2) is 21.1 Å². The Balaban J connectivity index is 2.59. The molecule has 0 aromatic heterocycles. The first-order valence-corrected chi connectivity index (χ1v) is 8.71. The Morgan fingerprint density at radius 3 is 2.24 bits per heavy atom. The first-order chi connectivity index (χ1) is 10.0. The van der Waals surface area contributed by atoms with Gasteiger partial charge in [-0.15, -0.1) is 0 Å². The van der Waals surface area contributed by atoms with Crippen molar-refractivity contribution in [2.24, 2.45) is 0 Å². The summed E-state index contributed by atoms with van der Waals surface area (Å²) < 4.78 is 7.37. The standard InChI is InChI=1S/C15H22Br2N2O2/c1-4-19(5-2)14(20)10-18-9-11-7-12(16)15(21-6-3)13(17)8-11/h7-8,18H,4-6,9-10H2,1-3H3. The van der Waals surface area contributed by atoms with Crippen molar-refractivity contribution in [1.82, 2.24) is 10.2 Å². The SMILES string of the molecule is CCOc1c(Br)cc(CNCC(=O)N(CC)CC)cc1Br. The Kier molecular flexibility index (Phi) is 8.29. The van der Waals surface area contributed by atoms with Crippen molar-refractivity contribution in [3.63, 3.8) is 0 Å². The molecular formula is C15H22Br2N2O2. The van der Waals surface area contributed by atoms with Gasteiger partial charge in [0.05, 0.1) is 22.1 Å². The number of likely N-dealkylation sites (N-methyl/N-ethyl adjacent to an activating group) is 1. The normalized spacial score (nSPS) is 10.5. The summed E-state index contributed by atoms with van der Waals surface area (Å²) in [5.74, 6) is 0.935. The topological polar surface area (TPSA) is 41.6 Å². The highest BCUT2D eigenvalue weighted by molar-refractivity contribution is 9.11. The smallest absolute Gasteiger partial charge is 0.236 e. The van der Waals surface area contributed by atoms with Crippen molar-refractivity contribution in [3.05, 3.63) is 26.6 Å². The number of carbonyl (C=O) groups is 1. The Morgan fingerprint density at radius 2 is 1.76 bits per heavy atom. The molecule has 6 heteroatoms. The van der Waals surface area contributed by atoms with Gasteiger partial charge in [-0.25, -0.2) is 0 Å². The molecule has 0 aliphatic heterocycles. The first kappa shape index (κ1) is 18.5. The number of hydrogen-bond donors (Lipinski definition) is 1. The van der Waals surface area contributed by atoms with E-state index in [1.165, 1.54) is 0 Å². The van der Waals surface area contributed by atoms with E-state index in [2.05, 4.69) is 37.2 Å². The van der Waals surface area contributed by atoms with E-state index in [4.69, 9.17) is 4.74 Å². The number of amides is 1. The van der Waals surface area contributed by atoms with E-state index in [1.54, 1.807) is 0 Å². The van der Waals surface area contributed by atoms with Crippen molar-refractivity contribution in [1.29, 1.82) is 0 Å². The minimum atomic E-state index is 0.129. The van der Waals surface area contributed by atoms with Crippen LogP contribution in [-0.4, -0.2) is 37.0 Å². The molecule has 0 fully saturated rings. The van der Waals surface area contributed by atoms with Crippen LogP contribution in [0.5, 0.6) is 5.75 Å². The Labute approximate surface area is 143 Å². The van der Waals surface area contributed by atoms with Crippen LogP contribution in [0, 0.1) is 0 Å². The third-order valence-electron chi connectivity index (χ3n) is 3.07. The van der Waals surface area contributed by atoms with E-state index < -0.39 is 0 Å². The minimum Gasteiger partial charge on any atom is -0.492 e. The maximum Gasteiger partial charge on any atom is 0.236 e. The molecule has 21 heavy (non-hydrogen) atoms. The summed E-state index contributed by atoms with van der Waals surface area (Å²) in [7, 11) is 0. The highest BCUT2D eigenvalue weighted by Gasteiger charge is 2.10. The van der Waals surface area contributed by atoms with Crippen molar-refractivity contribution >= 4 is 37.8 Å². The monoisotopic (exact) mass is 420 g/mol. The van der Waals surface area contributed by atoms with Crippen LogP contribution in [-0.2, 0) is 11.3 Å². The molecule has 1 rings (SSSR count). The third kappa shape index (κ3) is 5.60. The zero-order valence-electron chi connectivity index (χ0n) is 12.7. The van der Waals surface area contributed by atoms with Gasteiger partial charge in [0, 0.05) is 19.6 Å². The first-order valence-electron chi connectivity index (χ1n) is 7.12. The molecule has 0 atom stereocenters. The molecule has 1 amide bonds. The molecule has 0 spiro atoms. The second-order valence-electron chi connectivity index (χ2n) is 4.49. The maximum atomic E-state index is 11.9. The number of carbonyl (C=O) groups excluding carboxylic acids is 1. The molecule has 4 nitrogen and oxygen atoms in total. The molecule has 118 valence electrons. The van der Waals surface area contributed by atoms with Crippen LogP contribution in [0.3, 0.4) is 0 Å². The van der Waals surface area contributed by atoms with Crippen LogP contribution in [0.4, 0.5) is 0 Å². The molecule has 1 aromatic carbocycles. The van der Waals surface area contributed by atoms with E-state index >= 15 is 0 Å². The zero-order chi connectivity index (χ0) is 15.8. The largest absolute Gasteiger partial charge is 0.492 e. The highest BCUT2D eigenvalue weighted by Crippen LogP contribution is 2.34. The van der Waals surface area contributed by atoms with Gasteiger partial charge in [0.2, 0.25) is 5.91 Å². The fourth-order valence-electron chi connectivity index (χ4n) is 2.00. The summed E-state index contributed by atoms with van der Waals surface area (Å²) in [6, 6.07) is 4.01. The lowest BCUT2D eigenvalue weighted by Gasteiger charge is -2.19. The van der Waals surface area contributed by atoms with E-state index in [0.717, 1.165) is 33.3 Å². The lowest BCUT2D eigenvalue weighted by atomic mass is 10.2. The molecule has 1 aromatic rings. The lowest BCUT2D eigenvalue weighted by Crippen LogP contribution is -2.37. The Hall–Kier alpha value is -0.590. The molecule has 0 aliphatic rings. The molecule has 0 unspecified atom stereocenters. The van der Waals surface area contributed by atoms with Crippen molar-refractivity contribution in [3.8, 4) is 5.75 Å². The zero-order valence-corrected chi connectivity index (χ0v) is 15.9. The van der Waals surface area contributed by atoms with Crippen LogP contribution in [0.1, 0.15) is 26.3 Å². The minimum absolute atomic E-state index is 0.129. The van der Waals surface area contributed by atoms with Gasteiger partial charge in [-0.1, -0.05) is 0 Å². The van der Waals surface area contributed by atoms with Gasteiger partial charge >= 0.3 is 0 Å². The van der Waals surface area contributed by atoms with Crippen molar-refractivity contribution in [2.45, 2.75) is 27.3 Å². The van der Waals surface area contributed by atoms with Crippen molar-refractivity contribution in [2.75, 3.05) is 26.2 Å². The summed E-state index contributed by atoms with van der Waals surface area (Å²) in [6.45, 7) is 9.03. The Morgan fingerprint density at radius 1 is 1.19 bits per heavy atom. The maximum absolute atomic E-state index is 11.9. The second kappa shape index (κ2) is 9.43. The Bertz CT molecular complexity index is 454. The number of benzene rings is 1. The summed E-state index contributed by atoms with van der Waals surface area (Å²) >= 11 is 7.01. The molecule has 0 heterocycles. The van der Waals surface area contributed by atoms with Crippen LogP contribution in [0.25, 0.3) is 0 Å². The number of rotatable bonds is 8. The molecule has 1 N–H and O–H groups in total. The van der Waals surface area contributed by atoms with E-state index in [9.17, 15) is 4.79 Å². The summed E-state index contributed by atoms with van der Waals surface area (Å²) in [5, 5.41) is 3.18. The van der Waals surface area contributed by atoms with Gasteiger partial charge < -0.3 is 15.0 Å². The number of nitrogens with one attached hydrogen (secondary N) is 1. The molecular weight excluding hydrogens is 400 g/mol. The number of nitrogens with zero attached hydrogens (tertiary/aromatic N) is 1. The predicted octanol–water partition coefficient (Wildman–Crippen LogP) is 3.57. The summed E-state index contributed by atoms with van der Waals surface area (Å²) in [4.78, 5) is 13.7. The quantitative estimate of drug-likeness (QED) is 0.697. The van der Waals surface area contributed by atoms with Gasteiger partial charge in [-0.3, -0.25) is 4.79 Å². The third-order valence-corrected chi connectivity index (χ3v) is 4.25. The van der Waals surface area contributed by atoms with E-state index in [0.29, 0.717) is 19.7 Å². The molecule has 0 saturated carbocycles. The fraction of sp³-hybridized carbons (Fsp3) is 0.533. The molecule has 0 aliphatic carbocycles. The van der Waals surface area contributed by atoms with E-state index in [1.807, 2.05) is 37.8 Å². The van der Waals surface area contributed by atoms with Gasteiger partial charge in [-0.05, 0) is 70.3 Å². The van der Waals surface area contributed by atoms with Crippen LogP contribution < -0.4 is 10.1 Å². The summed E-state index contributed by atoms with van der Waals surface area (Å²) in [5.41, 5.74) is 1.09. The summed E-state index contributed by atoms with van der Waals surface area (Å²) in [6.07, 6.45) is 0.